The zero-order valence-corrected chi connectivity index (χ0v) is 7.35. The Hall–Kier alpha value is -1.42. The first kappa shape index (κ1) is 8.19. The molecule has 1 aliphatic rings. The third-order valence-electron chi connectivity index (χ3n) is 2.10. The van der Waals surface area contributed by atoms with Gasteiger partial charge in [0.05, 0.1) is 0 Å². The molecule has 1 aromatic rings. The highest BCUT2D eigenvalue weighted by molar-refractivity contribution is 5.48. The maximum absolute atomic E-state index is 5.59. The van der Waals surface area contributed by atoms with Crippen LogP contribution in [-0.2, 0) is 6.54 Å². The topological polar surface area (TPSA) is 55.0 Å². The number of aromatic nitrogens is 2. The molecule has 1 aromatic heterocycles. The molecule has 0 amide bonds. The molecular weight excluding hydrogens is 164 g/mol. The van der Waals surface area contributed by atoms with Gasteiger partial charge in [-0.25, -0.2) is 9.97 Å². The van der Waals surface area contributed by atoms with Gasteiger partial charge < -0.3 is 10.6 Å². The Labute approximate surface area is 77.1 Å². The lowest BCUT2D eigenvalue weighted by atomic mass is 10.3. The van der Waals surface area contributed by atoms with Gasteiger partial charge >= 0.3 is 0 Å². The van der Waals surface area contributed by atoms with Gasteiger partial charge in [-0.15, -0.1) is 0 Å². The van der Waals surface area contributed by atoms with E-state index in [1.807, 2.05) is 0 Å². The van der Waals surface area contributed by atoms with E-state index in [4.69, 9.17) is 5.73 Å². The molecule has 2 heterocycles. The second kappa shape index (κ2) is 3.53. The molecule has 4 heteroatoms. The van der Waals surface area contributed by atoms with Crippen LogP contribution in [0.1, 0.15) is 5.56 Å². The van der Waals surface area contributed by atoms with Crippen LogP contribution in [-0.4, -0.2) is 23.1 Å². The number of hydrogen-bond acceptors (Lipinski definition) is 4. The number of rotatable bonds is 2. The van der Waals surface area contributed by atoms with Crippen LogP contribution < -0.4 is 10.6 Å². The van der Waals surface area contributed by atoms with E-state index < -0.39 is 0 Å². The maximum Gasteiger partial charge on any atom is 0.137 e. The van der Waals surface area contributed by atoms with E-state index >= 15 is 0 Å². The minimum atomic E-state index is 0.493. The van der Waals surface area contributed by atoms with Gasteiger partial charge in [0.2, 0.25) is 0 Å². The minimum absolute atomic E-state index is 0.493. The van der Waals surface area contributed by atoms with Crippen molar-refractivity contribution < 1.29 is 0 Å². The molecular formula is C9H12N4. The van der Waals surface area contributed by atoms with E-state index in [1.54, 1.807) is 12.5 Å². The highest BCUT2D eigenvalue weighted by Crippen LogP contribution is 2.17. The Bertz CT molecular complexity index is 313. The summed E-state index contributed by atoms with van der Waals surface area (Å²) in [4.78, 5) is 10.3. The summed E-state index contributed by atoms with van der Waals surface area (Å²) < 4.78 is 0. The lowest BCUT2D eigenvalue weighted by Crippen LogP contribution is -2.22. The molecule has 0 fully saturated rings. The molecule has 0 radical (unpaired) electrons. The van der Waals surface area contributed by atoms with Gasteiger partial charge in [-0.05, 0) is 0 Å². The molecule has 0 atom stereocenters. The lowest BCUT2D eigenvalue weighted by Gasteiger charge is -2.18. The summed E-state index contributed by atoms with van der Waals surface area (Å²) in [7, 11) is 0. The monoisotopic (exact) mass is 176 g/mol. The molecule has 0 bridgehead atoms. The van der Waals surface area contributed by atoms with E-state index in [2.05, 4.69) is 27.0 Å². The van der Waals surface area contributed by atoms with Crippen LogP contribution in [0.15, 0.2) is 24.7 Å². The van der Waals surface area contributed by atoms with Gasteiger partial charge in [0.25, 0.3) is 0 Å². The molecule has 13 heavy (non-hydrogen) atoms. The number of nitrogens with zero attached hydrogens (tertiary/aromatic N) is 3. The van der Waals surface area contributed by atoms with Crippen LogP contribution in [0.4, 0.5) is 5.82 Å². The van der Waals surface area contributed by atoms with Crippen LogP contribution in [0.25, 0.3) is 0 Å². The van der Waals surface area contributed by atoms with Crippen molar-refractivity contribution in [2.24, 2.45) is 5.73 Å². The Balaban J connectivity index is 2.27. The standard InChI is InChI=1S/C9H12N4/c10-5-8-6-11-7-12-9(8)13-3-1-2-4-13/h1-2,6-7H,3-5,10H2. The van der Waals surface area contributed by atoms with Gasteiger partial charge in [-0.1, -0.05) is 12.2 Å². The Kier molecular flexibility index (Phi) is 2.23. The average molecular weight is 176 g/mol. The van der Waals surface area contributed by atoms with Crippen molar-refractivity contribution in [2.45, 2.75) is 6.54 Å². The van der Waals surface area contributed by atoms with Gasteiger partial charge in [-0.3, -0.25) is 0 Å². The van der Waals surface area contributed by atoms with Crippen LogP contribution in [0, 0.1) is 0 Å². The largest absolute Gasteiger partial charge is 0.349 e. The van der Waals surface area contributed by atoms with E-state index in [9.17, 15) is 0 Å². The first-order valence-corrected chi connectivity index (χ1v) is 4.30. The van der Waals surface area contributed by atoms with Gasteiger partial charge in [0, 0.05) is 31.4 Å². The quantitative estimate of drug-likeness (QED) is 0.659. The highest BCUT2D eigenvalue weighted by atomic mass is 15.2. The van der Waals surface area contributed by atoms with Crippen molar-refractivity contribution in [1.29, 1.82) is 0 Å². The fraction of sp³-hybridized carbons (Fsp3) is 0.333. The summed E-state index contributed by atoms with van der Waals surface area (Å²) in [5.74, 6) is 0.961. The Morgan fingerprint density at radius 2 is 2.15 bits per heavy atom. The number of hydrogen-bond donors (Lipinski definition) is 1. The molecule has 0 saturated carbocycles. The van der Waals surface area contributed by atoms with Crippen LogP contribution >= 0.6 is 0 Å². The van der Waals surface area contributed by atoms with Crippen molar-refractivity contribution in [3.63, 3.8) is 0 Å². The zero-order chi connectivity index (χ0) is 9.10. The number of anilines is 1. The molecule has 2 N–H and O–H groups in total. The second-order valence-corrected chi connectivity index (χ2v) is 2.95. The maximum atomic E-state index is 5.59. The van der Waals surface area contributed by atoms with E-state index in [0.717, 1.165) is 24.5 Å². The Morgan fingerprint density at radius 1 is 1.38 bits per heavy atom. The van der Waals surface area contributed by atoms with Crippen molar-refractivity contribution in [1.82, 2.24) is 9.97 Å². The minimum Gasteiger partial charge on any atom is -0.349 e. The number of nitrogens with two attached hydrogens (primary N) is 1. The molecule has 0 unspecified atom stereocenters. The second-order valence-electron chi connectivity index (χ2n) is 2.95. The molecule has 68 valence electrons. The summed E-state index contributed by atoms with van der Waals surface area (Å²) in [6, 6.07) is 0. The van der Waals surface area contributed by atoms with E-state index in [1.165, 1.54) is 0 Å². The van der Waals surface area contributed by atoms with Gasteiger partial charge in [0.1, 0.15) is 12.1 Å². The predicted octanol–water partition coefficient (Wildman–Crippen LogP) is 0.311. The lowest BCUT2D eigenvalue weighted by molar-refractivity contribution is 0.910. The summed E-state index contributed by atoms with van der Waals surface area (Å²) in [6.07, 6.45) is 7.60. The fourth-order valence-corrected chi connectivity index (χ4v) is 1.43. The van der Waals surface area contributed by atoms with E-state index in [0.29, 0.717) is 6.54 Å². The van der Waals surface area contributed by atoms with Gasteiger partial charge in [0.15, 0.2) is 0 Å². The molecule has 4 nitrogen and oxygen atoms in total. The van der Waals surface area contributed by atoms with Crippen LogP contribution in [0.3, 0.4) is 0 Å². The fourth-order valence-electron chi connectivity index (χ4n) is 1.43. The third kappa shape index (κ3) is 1.53. The predicted molar refractivity (Wildman–Crippen MR) is 51.3 cm³/mol. The average Bonchev–Trinajstić information content (AvgIpc) is 2.70. The normalized spacial score (nSPS) is 15.3. The Morgan fingerprint density at radius 3 is 2.85 bits per heavy atom. The third-order valence-corrected chi connectivity index (χ3v) is 2.10. The summed E-state index contributed by atoms with van der Waals surface area (Å²) in [5.41, 5.74) is 6.60. The van der Waals surface area contributed by atoms with E-state index in [-0.39, 0.29) is 0 Å². The highest BCUT2D eigenvalue weighted by Gasteiger charge is 2.12. The first-order valence-electron chi connectivity index (χ1n) is 4.30. The van der Waals surface area contributed by atoms with Crippen LogP contribution in [0.5, 0.6) is 0 Å². The molecule has 2 rings (SSSR count). The molecule has 0 spiro atoms. The zero-order valence-electron chi connectivity index (χ0n) is 7.35. The first-order chi connectivity index (χ1) is 6.42. The van der Waals surface area contributed by atoms with Crippen LogP contribution in [0.2, 0.25) is 0 Å². The van der Waals surface area contributed by atoms with Crippen molar-refractivity contribution in [3.8, 4) is 0 Å². The van der Waals surface area contributed by atoms with Crippen molar-refractivity contribution in [2.75, 3.05) is 18.0 Å². The molecule has 0 saturated heterocycles. The molecule has 0 aromatic carbocycles. The summed E-state index contributed by atoms with van der Waals surface area (Å²) in [5, 5.41) is 0. The molecule has 1 aliphatic heterocycles. The van der Waals surface area contributed by atoms with Crippen molar-refractivity contribution in [3.05, 3.63) is 30.2 Å². The van der Waals surface area contributed by atoms with Gasteiger partial charge in [-0.2, -0.15) is 0 Å². The van der Waals surface area contributed by atoms with Crippen molar-refractivity contribution >= 4 is 5.82 Å². The molecule has 0 aliphatic carbocycles. The SMILES string of the molecule is NCc1cncnc1N1CC=CC1. The summed E-state index contributed by atoms with van der Waals surface area (Å²) >= 11 is 0. The smallest absolute Gasteiger partial charge is 0.137 e. The summed E-state index contributed by atoms with van der Waals surface area (Å²) in [6.45, 7) is 2.33.